The van der Waals surface area contributed by atoms with Crippen LogP contribution in [-0.2, 0) is 9.59 Å². The summed E-state index contributed by atoms with van der Waals surface area (Å²) in [7, 11) is 0. The normalized spacial score (nSPS) is 11.1. The van der Waals surface area contributed by atoms with Crippen molar-refractivity contribution in [3.63, 3.8) is 0 Å². The summed E-state index contributed by atoms with van der Waals surface area (Å²) in [4.78, 5) is 22.7. The molecule has 0 aliphatic carbocycles. The quantitative estimate of drug-likeness (QED) is 0.775. The second kappa shape index (κ2) is 8.50. The summed E-state index contributed by atoms with van der Waals surface area (Å²) in [5, 5.41) is 5.44. The zero-order chi connectivity index (χ0) is 13.5. The van der Waals surface area contributed by atoms with E-state index < -0.39 is 6.04 Å². The molecule has 0 bridgehead atoms. The summed E-state index contributed by atoms with van der Waals surface area (Å²) >= 11 is 0. The largest absolute Gasteiger partial charge is 0.326 e. The van der Waals surface area contributed by atoms with Crippen molar-refractivity contribution in [2.75, 3.05) is 10.6 Å². The predicted octanol–water partition coefficient (Wildman–Crippen LogP) is 2.13. The maximum absolute atomic E-state index is 11.5. The van der Waals surface area contributed by atoms with Gasteiger partial charge in [-0.2, -0.15) is 0 Å². The first-order valence-electron chi connectivity index (χ1n) is 6.03. The fourth-order valence-electron chi connectivity index (χ4n) is 1.31. The Morgan fingerprint density at radius 1 is 1.11 bits per heavy atom. The van der Waals surface area contributed by atoms with E-state index in [1.807, 2.05) is 6.92 Å². The van der Waals surface area contributed by atoms with Crippen LogP contribution in [0.1, 0.15) is 26.7 Å². The van der Waals surface area contributed by atoms with E-state index >= 15 is 0 Å². The minimum Gasteiger partial charge on any atom is -0.326 e. The highest BCUT2D eigenvalue weighted by Crippen LogP contribution is 2.14. The SMILES string of the molecule is CCC(=O)Nc1ccc(NC(=O)[C@@H](N)CC)cc1.Cl. The second-order valence-corrected chi connectivity index (χ2v) is 3.98. The summed E-state index contributed by atoms with van der Waals surface area (Å²) in [5.74, 6) is -0.248. The van der Waals surface area contributed by atoms with E-state index in [1.165, 1.54) is 0 Å². The topological polar surface area (TPSA) is 84.2 Å². The summed E-state index contributed by atoms with van der Waals surface area (Å²) in [6.07, 6.45) is 1.03. The molecular formula is C13H20ClN3O2. The molecule has 1 aromatic carbocycles. The average molecular weight is 286 g/mol. The summed E-state index contributed by atoms with van der Waals surface area (Å²) in [6, 6.07) is 6.43. The van der Waals surface area contributed by atoms with E-state index in [4.69, 9.17) is 5.73 Å². The van der Waals surface area contributed by atoms with Crippen molar-refractivity contribution in [3.8, 4) is 0 Å². The molecule has 0 heterocycles. The standard InChI is InChI=1S/C13H19N3O2.ClH/c1-3-11(14)13(18)16-10-7-5-9(6-8-10)15-12(17)4-2;/h5-8,11H,3-4,14H2,1-2H3,(H,15,17)(H,16,18);1H/t11-;/m0./s1. The fourth-order valence-corrected chi connectivity index (χ4v) is 1.31. The van der Waals surface area contributed by atoms with Crippen molar-refractivity contribution in [1.29, 1.82) is 0 Å². The van der Waals surface area contributed by atoms with E-state index in [-0.39, 0.29) is 24.2 Å². The second-order valence-electron chi connectivity index (χ2n) is 3.98. The Labute approximate surface area is 119 Å². The molecule has 0 spiro atoms. The van der Waals surface area contributed by atoms with Crippen molar-refractivity contribution in [2.24, 2.45) is 5.73 Å². The molecule has 0 fully saturated rings. The third-order valence-electron chi connectivity index (χ3n) is 2.53. The third kappa shape index (κ3) is 5.72. The number of hydrogen-bond donors (Lipinski definition) is 3. The maximum atomic E-state index is 11.5. The molecule has 0 aromatic heterocycles. The Morgan fingerprint density at radius 3 is 2.00 bits per heavy atom. The Hall–Kier alpha value is -1.59. The number of halogens is 1. The van der Waals surface area contributed by atoms with E-state index in [0.29, 0.717) is 24.2 Å². The van der Waals surface area contributed by atoms with Gasteiger partial charge < -0.3 is 16.4 Å². The maximum Gasteiger partial charge on any atom is 0.241 e. The van der Waals surface area contributed by atoms with Crippen molar-refractivity contribution in [2.45, 2.75) is 32.7 Å². The number of benzene rings is 1. The molecular weight excluding hydrogens is 266 g/mol. The lowest BCUT2D eigenvalue weighted by atomic mass is 10.2. The molecule has 0 aliphatic heterocycles. The van der Waals surface area contributed by atoms with Gasteiger partial charge in [0.15, 0.2) is 0 Å². The molecule has 6 heteroatoms. The number of anilines is 2. The predicted molar refractivity (Wildman–Crippen MR) is 79.5 cm³/mol. The molecule has 0 aliphatic rings. The number of carbonyl (C=O) groups excluding carboxylic acids is 2. The molecule has 1 aromatic rings. The van der Waals surface area contributed by atoms with Gasteiger partial charge in [0.25, 0.3) is 0 Å². The average Bonchev–Trinajstić information content (AvgIpc) is 2.39. The minimum absolute atomic E-state index is 0. The van der Waals surface area contributed by atoms with Crippen molar-refractivity contribution < 1.29 is 9.59 Å². The molecule has 0 radical (unpaired) electrons. The van der Waals surface area contributed by atoms with E-state index in [2.05, 4.69) is 10.6 Å². The van der Waals surface area contributed by atoms with Gasteiger partial charge in [0.1, 0.15) is 0 Å². The van der Waals surface area contributed by atoms with Crippen molar-refractivity contribution in [3.05, 3.63) is 24.3 Å². The van der Waals surface area contributed by atoms with Gasteiger partial charge in [0, 0.05) is 17.8 Å². The Morgan fingerprint density at radius 2 is 1.58 bits per heavy atom. The molecule has 1 atom stereocenters. The van der Waals surface area contributed by atoms with Crippen LogP contribution >= 0.6 is 12.4 Å². The molecule has 0 unspecified atom stereocenters. The highest BCUT2D eigenvalue weighted by molar-refractivity contribution is 5.95. The Balaban J connectivity index is 0.00000324. The van der Waals surface area contributed by atoms with Gasteiger partial charge in [-0.05, 0) is 30.7 Å². The van der Waals surface area contributed by atoms with Crippen LogP contribution in [0.4, 0.5) is 11.4 Å². The molecule has 0 saturated heterocycles. The highest BCUT2D eigenvalue weighted by Gasteiger charge is 2.10. The zero-order valence-corrected chi connectivity index (χ0v) is 11.9. The lowest BCUT2D eigenvalue weighted by Gasteiger charge is -2.10. The summed E-state index contributed by atoms with van der Waals surface area (Å²) in [5.41, 5.74) is 6.98. The lowest BCUT2D eigenvalue weighted by molar-refractivity contribution is -0.117. The number of nitrogens with two attached hydrogens (primary N) is 1. The van der Waals surface area contributed by atoms with Gasteiger partial charge in [0.2, 0.25) is 11.8 Å². The van der Waals surface area contributed by atoms with Crippen molar-refractivity contribution >= 4 is 35.6 Å². The van der Waals surface area contributed by atoms with Gasteiger partial charge in [-0.15, -0.1) is 12.4 Å². The van der Waals surface area contributed by atoms with Gasteiger partial charge in [-0.3, -0.25) is 9.59 Å². The van der Waals surface area contributed by atoms with Crippen LogP contribution in [0, 0.1) is 0 Å². The number of amides is 2. The zero-order valence-electron chi connectivity index (χ0n) is 11.1. The van der Waals surface area contributed by atoms with Gasteiger partial charge in [-0.25, -0.2) is 0 Å². The van der Waals surface area contributed by atoms with E-state index in [0.717, 1.165) is 0 Å². The van der Waals surface area contributed by atoms with E-state index in [9.17, 15) is 9.59 Å². The molecule has 106 valence electrons. The molecule has 5 nitrogen and oxygen atoms in total. The van der Waals surface area contributed by atoms with Crippen LogP contribution in [0.2, 0.25) is 0 Å². The van der Waals surface area contributed by atoms with E-state index in [1.54, 1.807) is 31.2 Å². The van der Waals surface area contributed by atoms with Gasteiger partial charge in [0.05, 0.1) is 6.04 Å². The molecule has 4 N–H and O–H groups in total. The molecule has 2 amide bonds. The van der Waals surface area contributed by atoms with Crippen LogP contribution < -0.4 is 16.4 Å². The third-order valence-corrected chi connectivity index (χ3v) is 2.53. The van der Waals surface area contributed by atoms with Gasteiger partial charge >= 0.3 is 0 Å². The summed E-state index contributed by atoms with van der Waals surface area (Å²) < 4.78 is 0. The van der Waals surface area contributed by atoms with Crippen LogP contribution in [0.5, 0.6) is 0 Å². The number of hydrogen-bond acceptors (Lipinski definition) is 3. The number of carbonyl (C=O) groups is 2. The fraction of sp³-hybridized carbons (Fsp3) is 0.385. The summed E-state index contributed by atoms with van der Waals surface area (Å²) in [6.45, 7) is 3.64. The van der Waals surface area contributed by atoms with Crippen molar-refractivity contribution in [1.82, 2.24) is 0 Å². The first kappa shape index (κ1) is 17.4. The Kier molecular flexibility index (Phi) is 7.79. The first-order valence-corrected chi connectivity index (χ1v) is 6.03. The smallest absolute Gasteiger partial charge is 0.241 e. The molecule has 19 heavy (non-hydrogen) atoms. The minimum atomic E-state index is -0.496. The van der Waals surface area contributed by atoms with Crippen LogP contribution in [0.3, 0.4) is 0 Å². The first-order chi connectivity index (χ1) is 8.56. The lowest BCUT2D eigenvalue weighted by Crippen LogP contribution is -2.34. The molecule has 1 rings (SSSR count). The van der Waals surface area contributed by atoms with Crippen LogP contribution in [-0.4, -0.2) is 17.9 Å². The Bertz CT molecular complexity index is 420. The molecule has 0 saturated carbocycles. The number of nitrogens with one attached hydrogen (secondary N) is 2. The van der Waals surface area contributed by atoms with Crippen LogP contribution in [0.15, 0.2) is 24.3 Å². The number of rotatable bonds is 5. The monoisotopic (exact) mass is 285 g/mol. The van der Waals surface area contributed by atoms with Gasteiger partial charge in [-0.1, -0.05) is 13.8 Å². The van der Waals surface area contributed by atoms with Crippen LogP contribution in [0.25, 0.3) is 0 Å². The highest BCUT2D eigenvalue weighted by atomic mass is 35.5.